The Morgan fingerprint density at radius 1 is 1.12 bits per heavy atom. The van der Waals surface area contributed by atoms with Crippen molar-refractivity contribution in [2.75, 3.05) is 19.0 Å². The Labute approximate surface area is 204 Å². The molecule has 0 saturated heterocycles. The number of quaternary nitrogens is 1. The molecule has 0 radical (unpaired) electrons. The average Bonchev–Trinajstić information content (AvgIpc) is 2.98. The highest BCUT2D eigenvalue weighted by atomic mass is 35.5. The molecule has 0 bridgehead atoms. The van der Waals surface area contributed by atoms with Gasteiger partial charge in [-0.1, -0.05) is 58.7 Å². The first-order chi connectivity index (χ1) is 14.8. The molecule has 0 fully saturated rings. The molecule has 2 aromatic carbocycles. The van der Waals surface area contributed by atoms with Gasteiger partial charge in [0.1, 0.15) is 22.4 Å². The van der Waals surface area contributed by atoms with Gasteiger partial charge in [-0.3, -0.25) is 0 Å². The van der Waals surface area contributed by atoms with Crippen LogP contribution in [-0.4, -0.2) is 36.6 Å². The number of hydrogen-bond acceptors (Lipinski definition) is 6. The molecule has 6 nitrogen and oxygen atoms in total. The molecule has 2 N–H and O–H groups in total. The first kappa shape index (κ1) is 27.1. The van der Waals surface area contributed by atoms with Crippen molar-refractivity contribution in [2.45, 2.75) is 39.2 Å². The summed E-state index contributed by atoms with van der Waals surface area (Å²) in [5, 5.41) is 3.37. The molecule has 1 aliphatic heterocycles. The minimum Gasteiger partial charge on any atom is -0.744 e. The van der Waals surface area contributed by atoms with Gasteiger partial charge in [-0.05, 0) is 44.0 Å². The van der Waals surface area contributed by atoms with E-state index in [1.807, 2.05) is 32.0 Å². The average molecular weight is 520 g/mol. The van der Waals surface area contributed by atoms with E-state index in [1.54, 1.807) is 37.7 Å². The molecule has 1 heterocycles. The highest BCUT2D eigenvalue weighted by molar-refractivity contribution is 8.02. The van der Waals surface area contributed by atoms with Crippen LogP contribution in [0.4, 0.5) is 0 Å². The van der Waals surface area contributed by atoms with Crippen molar-refractivity contribution in [3.8, 4) is 0 Å². The van der Waals surface area contributed by atoms with Crippen molar-refractivity contribution < 1.29 is 22.3 Å². The van der Waals surface area contributed by atoms with E-state index in [2.05, 4.69) is 5.41 Å². The summed E-state index contributed by atoms with van der Waals surface area (Å²) >= 11 is 13.9. The van der Waals surface area contributed by atoms with Crippen molar-refractivity contribution >= 4 is 45.1 Å². The van der Waals surface area contributed by atoms with Crippen LogP contribution in [0.25, 0.3) is 0 Å². The molecular formula is C22H28Cl2N2O4S2. The minimum absolute atomic E-state index is 0.0851. The largest absolute Gasteiger partial charge is 0.744 e. The molecule has 2 aromatic rings. The van der Waals surface area contributed by atoms with Crippen LogP contribution in [0.2, 0.25) is 10.0 Å². The summed E-state index contributed by atoms with van der Waals surface area (Å²) in [6, 6.07) is 8.83. The van der Waals surface area contributed by atoms with Gasteiger partial charge in [0, 0.05) is 27.9 Å². The Morgan fingerprint density at radius 3 is 2.16 bits per heavy atom. The zero-order valence-electron chi connectivity index (χ0n) is 18.5. The number of ether oxygens (including phenoxy) is 1. The standard InChI is InChI=1S/C13H17Cl2N2OS.C9H12O3S/c1-10-8-19-9-17(10,16)5-6-18-7-11-12(14)3-2-4-13(11)15;1-6-4-7(2)9(8(3)5-6)13(10,11)12/h2-4,8H,5-7,9,16H2,1H3;4-5H,1-3H3,(H,10,11,12)/q+1;/p-1. The van der Waals surface area contributed by atoms with Gasteiger partial charge in [-0.25, -0.2) is 13.0 Å². The van der Waals surface area contributed by atoms with E-state index in [4.69, 9.17) is 33.8 Å². The van der Waals surface area contributed by atoms with Gasteiger partial charge in [0.25, 0.3) is 0 Å². The second kappa shape index (κ2) is 11.4. The molecule has 0 aliphatic carbocycles. The SMILES string of the molecule is CC1=CSC[N+]1(N)CCOCc1c(Cl)cccc1Cl.Cc1cc(C)c(S(=O)(=O)[O-])c(C)c1. The Morgan fingerprint density at radius 2 is 1.69 bits per heavy atom. The second-order valence-electron chi connectivity index (χ2n) is 7.75. The minimum atomic E-state index is -4.33. The van der Waals surface area contributed by atoms with Gasteiger partial charge in [0.05, 0.1) is 18.1 Å². The molecule has 176 valence electrons. The summed E-state index contributed by atoms with van der Waals surface area (Å²) in [4.78, 5) is -0.0851. The lowest BCUT2D eigenvalue weighted by atomic mass is 10.1. The van der Waals surface area contributed by atoms with E-state index in [0.29, 0.717) is 39.0 Å². The third-order valence-electron chi connectivity index (χ3n) is 5.06. The summed E-state index contributed by atoms with van der Waals surface area (Å²) in [5.41, 5.74) is 4.00. The number of allylic oxidation sites excluding steroid dienone is 1. The molecule has 1 unspecified atom stereocenters. The number of rotatable bonds is 6. The Hall–Kier alpha value is -1.10. The molecule has 0 saturated carbocycles. The predicted molar refractivity (Wildman–Crippen MR) is 130 cm³/mol. The third-order valence-corrected chi connectivity index (χ3v) is 8.03. The van der Waals surface area contributed by atoms with Crippen LogP contribution < -0.4 is 5.84 Å². The fraction of sp³-hybridized carbons (Fsp3) is 0.364. The fourth-order valence-corrected chi connectivity index (χ4v) is 5.91. The van der Waals surface area contributed by atoms with Gasteiger partial charge in [0.15, 0.2) is 5.88 Å². The lowest BCUT2D eigenvalue weighted by Crippen LogP contribution is -2.52. The smallest absolute Gasteiger partial charge is 0.151 e. The quantitative estimate of drug-likeness (QED) is 0.242. The maximum absolute atomic E-state index is 10.8. The third kappa shape index (κ3) is 7.20. The Kier molecular flexibility index (Phi) is 9.63. The number of aryl methyl sites for hydroxylation is 3. The molecule has 0 amide bonds. The van der Waals surface area contributed by atoms with E-state index in [0.717, 1.165) is 23.5 Å². The lowest BCUT2D eigenvalue weighted by Gasteiger charge is -2.27. The fourth-order valence-electron chi connectivity index (χ4n) is 3.37. The maximum atomic E-state index is 10.8. The number of nitrogens with zero attached hydrogens (tertiary/aromatic N) is 1. The van der Waals surface area contributed by atoms with E-state index < -0.39 is 10.1 Å². The number of nitrogens with two attached hydrogens (primary N) is 1. The summed E-state index contributed by atoms with van der Waals surface area (Å²) < 4.78 is 38.6. The van der Waals surface area contributed by atoms with Crippen molar-refractivity contribution in [2.24, 2.45) is 5.84 Å². The Balaban J connectivity index is 0.000000244. The van der Waals surface area contributed by atoms with Crippen molar-refractivity contribution in [3.63, 3.8) is 0 Å². The van der Waals surface area contributed by atoms with Crippen LogP contribution in [0.15, 0.2) is 46.3 Å². The summed E-state index contributed by atoms with van der Waals surface area (Å²) in [7, 11) is -4.33. The number of halogens is 2. The van der Waals surface area contributed by atoms with E-state index >= 15 is 0 Å². The van der Waals surface area contributed by atoms with Crippen LogP contribution in [0.5, 0.6) is 0 Å². The number of benzene rings is 2. The number of thioether (sulfide) groups is 1. The Bertz CT molecular complexity index is 1060. The van der Waals surface area contributed by atoms with Crippen LogP contribution in [0.1, 0.15) is 29.2 Å². The first-order valence-corrected chi connectivity index (χ1v) is 13.1. The van der Waals surface area contributed by atoms with Gasteiger partial charge in [0.2, 0.25) is 0 Å². The molecular weight excluding hydrogens is 491 g/mol. The molecule has 1 atom stereocenters. The lowest BCUT2D eigenvalue weighted by molar-refractivity contribution is -0.889. The summed E-state index contributed by atoms with van der Waals surface area (Å²) in [6.45, 7) is 8.90. The molecule has 10 heteroatoms. The van der Waals surface area contributed by atoms with E-state index in [-0.39, 0.29) is 4.90 Å². The van der Waals surface area contributed by atoms with Crippen LogP contribution >= 0.6 is 35.0 Å². The highest BCUT2D eigenvalue weighted by Crippen LogP contribution is 2.28. The van der Waals surface area contributed by atoms with Gasteiger partial charge >= 0.3 is 0 Å². The van der Waals surface area contributed by atoms with Crippen LogP contribution in [0.3, 0.4) is 0 Å². The molecule has 1 aliphatic rings. The summed E-state index contributed by atoms with van der Waals surface area (Å²) in [6.07, 6.45) is 0. The molecule has 3 rings (SSSR count). The maximum Gasteiger partial charge on any atom is 0.151 e. The zero-order valence-corrected chi connectivity index (χ0v) is 21.7. The molecule has 32 heavy (non-hydrogen) atoms. The van der Waals surface area contributed by atoms with Crippen molar-refractivity contribution in [3.05, 3.63) is 73.7 Å². The first-order valence-electron chi connectivity index (χ1n) is 9.84. The topological polar surface area (TPSA) is 92.5 Å². The molecule has 0 spiro atoms. The monoisotopic (exact) mass is 518 g/mol. The zero-order chi connectivity index (χ0) is 24.1. The number of hydrogen-bond donors (Lipinski definition) is 1. The summed E-state index contributed by atoms with van der Waals surface area (Å²) in [5.74, 6) is 7.12. The van der Waals surface area contributed by atoms with Crippen molar-refractivity contribution in [1.82, 2.24) is 0 Å². The van der Waals surface area contributed by atoms with E-state index in [1.165, 1.54) is 5.70 Å². The van der Waals surface area contributed by atoms with Crippen LogP contribution in [0, 0.1) is 20.8 Å². The molecule has 0 aromatic heterocycles. The van der Waals surface area contributed by atoms with Gasteiger partial charge in [-0.15, -0.1) is 0 Å². The highest BCUT2D eigenvalue weighted by Gasteiger charge is 2.30. The van der Waals surface area contributed by atoms with Crippen LogP contribution in [-0.2, 0) is 21.5 Å². The van der Waals surface area contributed by atoms with Crippen molar-refractivity contribution in [1.29, 1.82) is 0 Å². The van der Waals surface area contributed by atoms with Gasteiger partial charge < -0.3 is 9.29 Å². The predicted octanol–water partition coefficient (Wildman–Crippen LogP) is 5.28. The second-order valence-corrected chi connectivity index (χ2v) is 10.7. The normalized spacial score (nSPS) is 18.2. The van der Waals surface area contributed by atoms with E-state index in [9.17, 15) is 13.0 Å². The van der Waals surface area contributed by atoms with Gasteiger partial charge in [-0.2, -0.15) is 5.84 Å².